The number of aliphatic hydroxyl groups is 1. The minimum absolute atomic E-state index is 0.00521. The van der Waals surface area contributed by atoms with Crippen LogP contribution in [0.25, 0.3) is 0 Å². The molecule has 4 aromatic carbocycles. The van der Waals surface area contributed by atoms with Crippen molar-refractivity contribution in [3.8, 4) is 17.2 Å². The van der Waals surface area contributed by atoms with Crippen molar-refractivity contribution in [3.63, 3.8) is 0 Å². The van der Waals surface area contributed by atoms with Crippen molar-refractivity contribution in [1.29, 1.82) is 0 Å². The molecule has 0 spiro atoms. The normalized spacial score (nSPS) is 14.0. The van der Waals surface area contributed by atoms with Crippen LogP contribution in [0.4, 0.5) is 15.8 Å². The number of amides is 1. The molecule has 0 saturated carbocycles. The molecule has 9 heteroatoms. The monoisotopic (exact) mass is 712 g/mol. The maximum absolute atomic E-state index is 16.3. The van der Waals surface area contributed by atoms with Crippen LogP contribution in [0.15, 0.2) is 102 Å². The van der Waals surface area contributed by atoms with Gasteiger partial charge in [0.05, 0.1) is 11.7 Å². The number of anilines is 2. The topological polar surface area (TPSA) is 108 Å². The van der Waals surface area contributed by atoms with Gasteiger partial charge in [-0.25, -0.2) is 4.39 Å². The zero-order chi connectivity index (χ0) is 38.6. The Morgan fingerprint density at radius 3 is 2.12 bits per heavy atom. The molecule has 0 aliphatic carbocycles. The van der Waals surface area contributed by atoms with Gasteiger partial charge in [0, 0.05) is 24.4 Å². The van der Waals surface area contributed by atoms with E-state index in [-0.39, 0.29) is 29.1 Å². The van der Waals surface area contributed by atoms with Crippen LogP contribution in [0.3, 0.4) is 0 Å². The molecule has 1 aliphatic rings. The molecular weight excluding hydrogens is 659 g/mol. The molecule has 52 heavy (non-hydrogen) atoms. The molecule has 1 aliphatic heterocycles. The van der Waals surface area contributed by atoms with Gasteiger partial charge in [-0.05, 0) is 77.3 Å². The fourth-order valence-corrected chi connectivity index (χ4v) is 5.87. The number of para-hydroxylation sites is 1. The molecular formula is C43H53FN2O6. The number of ether oxygens (including phenoxy) is 2. The Balaban J connectivity index is 0.00000176. The van der Waals surface area contributed by atoms with Crippen LogP contribution in [0.1, 0.15) is 84.0 Å². The summed E-state index contributed by atoms with van der Waals surface area (Å²) in [6.07, 6.45) is 1.52. The van der Waals surface area contributed by atoms with Crippen LogP contribution >= 0.6 is 0 Å². The molecule has 0 radical (unpaired) electrons. The fraction of sp³-hybridized carbons (Fsp3) is 0.349. The summed E-state index contributed by atoms with van der Waals surface area (Å²) in [6.45, 7) is 16.8. The number of nitrogens with one attached hydrogen (secondary N) is 1. The number of phenols is 1. The highest BCUT2D eigenvalue weighted by Gasteiger charge is 2.37. The predicted octanol–water partition coefficient (Wildman–Crippen LogP) is 9.51. The van der Waals surface area contributed by atoms with Crippen molar-refractivity contribution in [2.75, 3.05) is 23.9 Å². The van der Waals surface area contributed by atoms with E-state index >= 15 is 4.39 Å². The Labute approximate surface area is 307 Å². The lowest BCUT2D eigenvalue weighted by Crippen LogP contribution is -2.39. The summed E-state index contributed by atoms with van der Waals surface area (Å²) in [6, 6.07) is 26.4. The van der Waals surface area contributed by atoms with E-state index in [0.717, 1.165) is 35.9 Å². The van der Waals surface area contributed by atoms with Crippen LogP contribution in [0, 0.1) is 11.2 Å². The molecule has 0 saturated heterocycles. The lowest BCUT2D eigenvalue weighted by molar-refractivity contribution is -0.121. The summed E-state index contributed by atoms with van der Waals surface area (Å²) in [5.41, 5.74) is 4.74. The molecule has 5 rings (SSSR count). The summed E-state index contributed by atoms with van der Waals surface area (Å²) in [5, 5.41) is 21.6. The maximum atomic E-state index is 16.3. The molecule has 8 nitrogen and oxygen atoms in total. The number of hydrogen-bond acceptors (Lipinski definition) is 7. The number of fused-ring (bicyclic) bond motifs is 1. The predicted molar refractivity (Wildman–Crippen MR) is 206 cm³/mol. The van der Waals surface area contributed by atoms with E-state index in [1.165, 1.54) is 6.07 Å². The quantitative estimate of drug-likeness (QED) is 0.141. The number of benzene rings is 4. The first-order valence-corrected chi connectivity index (χ1v) is 17.3. The van der Waals surface area contributed by atoms with E-state index in [9.17, 15) is 9.90 Å². The molecule has 0 aromatic heterocycles. The lowest BCUT2D eigenvalue weighted by atomic mass is 9.83. The van der Waals surface area contributed by atoms with Crippen LogP contribution in [0.5, 0.6) is 17.2 Å². The van der Waals surface area contributed by atoms with Gasteiger partial charge in [-0.2, -0.15) is 0 Å². The number of halogens is 1. The Morgan fingerprint density at radius 2 is 1.52 bits per heavy atom. The first-order chi connectivity index (χ1) is 24.8. The second-order valence-corrected chi connectivity index (χ2v) is 14.3. The average molecular weight is 713 g/mol. The number of aromatic hydroxyl groups is 1. The number of aliphatic hydroxyl groups excluding tert-OH is 1. The van der Waals surface area contributed by atoms with Crippen LogP contribution in [0.2, 0.25) is 0 Å². The zero-order valence-electron chi connectivity index (χ0n) is 31.6. The lowest BCUT2D eigenvalue weighted by Gasteiger charge is -2.33. The van der Waals surface area contributed by atoms with E-state index in [4.69, 9.17) is 19.4 Å². The summed E-state index contributed by atoms with van der Waals surface area (Å²) in [4.78, 5) is 23.9. The van der Waals surface area contributed by atoms with Crippen molar-refractivity contribution in [3.05, 3.63) is 125 Å². The number of carbonyl (C=O) groups is 2. The van der Waals surface area contributed by atoms with E-state index < -0.39 is 11.9 Å². The average Bonchev–Trinajstić information content (AvgIpc) is 3.26. The third-order valence-electron chi connectivity index (χ3n) is 9.18. The second kappa shape index (κ2) is 18.4. The van der Waals surface area contributed by atoms with Gasteiger partial charge in [-0.15, -0.1) is 0 Å². The molecule has 1 unspecified atom stereocenters. The number of allylic oxidation sites excluding steroid dienone is 1. The van der Waals surface area contributed by atoms with Gasteiger partial charge in [-0.1, -0.05) is 96.5 Å². The summed E-state index contributed by atoms with van der Waals surface area (Å²) >= 11 is 0. The molecule has 1 heterocycles. The van der Waals surface area contributed by atoms with Gasteiger partial charge in [0.1, 0.15) is 42.1 Å². The number of nitrogens with zero attached hydrogens (tertiary/aromatic N) is 1. The first kappa shape index (κ1) is 41.3. The van der Waals surface area contributed by atoms with Gasteiger partial charge in [0.15, 0.2) is 6.61 Å². The molecule has 1 amide bonds. The van der Waals surface area contributed by atoms with E-state index in [2.05, 4.69) is 46.9 Å². The van der Waals surface area contributed by atoms with Crippen molar-refractivity contribution in [2.24, 2.45) is 5.41 Å². The second-order valence-electron chi connectivity index (χ2n) is 14.3. The summed E-state index contributed by atoms with van der Waals surface area (Å²) in [7, 11) is 1.00. The van der Waals surface area contributed by atoms with Gasteiger partial charge < -0.3 is 29.8 Å². The zero-order valence-corrected chi connectivity index (χ0v) is 31.6. The summed E-state index contributed by atoms with van der Waals surface area (Å²) in [5.74, 6) is 0.0562. The number of rotatable bonds is 10. The Hall–Kier alpha value is -5.15. The number of carbonyl (C=O) groups excluding carboxylic acids is 2. The SMILES string of the molecule is C=O.CCC(C)(C)CC1=C(C)C(c2ccc(OCc3ccccc3)cc2F)N(C(=O)COc2ccc(C(C)(C)C)cc2)c2cccc(O)c2N1.CO. The minimum Gasteiger partial charge on any atom is -0.506 e. The maximum Gasteiger partial charge on any atom is 0.265 e. The van der Waals surface area contributed by atoms with Gasteiger partial charge in [0.25, 0.3) is 5.91 Å². The highest BCUT2D eigenvalue weighted by molar-refractivity contribution is 6.01. The van der Waals surface area contributed by atoms with E-state index in [1.807, 2.05) is 68.3 Å². The highest BCUT2D eigenvalue weighted by Crippen LogP contribution is 2.47. The fourth-order valence-electron chi connectivity index (χ4n) is 5.87. The Kier molecular flexibility index (Phi) is 14.6. The van der Waals surface area contributed by atoms with Gasteiger partial charge in [0.2, 0.25) is 0 Å². The molecule has 0 fully saturated rings. The van der Waals surface area contributed by atoms with Crippen LogP contribution in [-0.4, -0.2) is 36.6 Å². The minimum atomic E-state index is -0.828. The molecule has 0 bridgehead atoms. The third-order valence-corrected chi connectivity index (χ3v) is 9.18. The van der Waals surface area contributed by atoms with Crippen molar-refractivity contribution >= 4 is 24.1 Å². The van der Waals surface area contributed by atoms with Crippen molar-refractivity contribution < 1.29 is 33.7 Å². The Morgan fingerprint density at radius 1 is 0.885 bits per heavy atom. The van der Waals surface area contributed by atoms with Gasteiger partial charge in [-0.3, -0.25) is 9.69 Å². The molecule has 1 atom stereocenters. The Bertz CT molecular complexity index is 1800. The molecule has 4 aromatic rings. The third kappa shape index (κ3) is 10.2. The molecule has 3 N–H and O–H groups in total. The van der Waals surface area contributed by atoms with Crippen LogP contribution in [-0.2, 0) is 21.6 Å². The smallest absolute Gasteiger partial charge is 0.265 e. The standard InChI is InChI=1S/C41H47FN2O4.CH4O.CH2O/c1-8-41(6,7)24-34-27(2)39(32-22-21-31(23-33(32)42)47-25-28-13-10-9-11-14-28)44(35-15-12-16-36(45)38(35)43-34)37(46)26-48-30-19-17-29(18-20-30)40(3,4)5;2*1-2/h9-23,39,43,45H,8,24-26H2,1-7H3;2H,1H3;1H2. The first-order valence-electron chi connectivity index (χ1n) is 17.3. The van der Waals surface area contributed by atoms with E-state index in [0.29, 0.717) is 41.5 Å². The van der Waals surface area contributed by atoms with Crippen molar-refractivity contribution in [2.45, 2.75) is 79.4 Å². The molecule has 278 valence electrons. The number of phenolic OH excluding ortho intramolecular Hbond substituents is 1. The number of hydrogen-bond donors (Lipinski definition) is 3. The van der Waals surface area contributed by atoms with Crippen molar-refractivity contribution in [1.82, 2.24) is 0 Å². The van der Waals surface area contributed by atoms with Crippen LogP contribution < -0.4 is 19.7 Å². The van der Waals surface area contributed by atoms with Gasteiger partial charge >= 0.3 is 0 Å². The van der Waals surface area contributed by atoms with E-state index in [1.54, 1.807) is 35.2 Å². The largest absolute Gasteiger partial charge is 0.506 e. The summed E-state index contributed by atoms with van der Waals surface area (Å²) < 4.78 is 28.3. The highest BCUT2D eigenvalue weighted by atomic mass is 19.1.